The Morgan fingerprint density at radius 2 is 2.10 bits per heavy atom. The Balaban J connectivity index is 1.90. The number of benzene rings is 1. The number of aryl methyl sites for hydroxylation is 1. The number of fused-ring (bicyclic) bond motifs is 1. The third kappa shape index (κ3) is 3.17. The summed E-state index contributed by atoms with van der Waals surface area (Å²) in [7, 11) is 1.99. The highest BCUT2D eigenvalue weighted by Gasteiger charge is 2.13. The molecule has 0 saturated carbocycles. The zero-order chi connectivity index (χ0) is 14.8. The Bertz CT molecular complexity index is 706. The van der Waals surface area contributed by atoms with Gasteiger partial charge < -0.3 is 5.32 Å². The summed E-state index contributed by atoms with van der Waals surface area (Å²) in [6.45, 7) is 6.35. The molecule has 0 atom stereocenters. The van der Waals surface area contributed by atoms with Crippen LogP contribution in [0.25, 0.3) is 20.7 Å². The van der Waals surface area contributed by atoms with E-state index < -0.39 is 0 Å². The number of aromatic nitrogens is 2. The van der Waals surface area contributed by atoms with Crippen molar-refractivity contribution in [3.05, 3.63) is 42.1 Å². The van der Waals surface area contributed by atoms with Crippen LogP contribution >= 0.6 is 11.3 Å². The number of hydrogen-bond acceptors (Lipinski definition) is 3. The third-order valence-corrected chi connectivity index (χ3v) is 4.55. The predicted molar refractivity (Wildman–Crippen MR) is 90.6 cm³/mol. The molecule has 3 rings (SSSR count). The molecule has 0 aliphatic rings. The molecule has 0 spiro atoms. The number of hydrogen-bond donors (Lipinski definition) is 1. The summed E-state index contributed by atoms with van der Waals surface area (Å²) in [5.41, 5.74) is 2.37. The standard InChI is InChI=1S/C17H21N3S/c1-12(2)9-18-10-14-11-20(3)19-17(14)16-8-13-6-4-5-7-15(13)21-16/h4-8,11-12,18H,9-10H2,1-3H3. The van der Waals surface area contributed by atoms with Gasteiger partial charge in [0, 0.05) is 30.1 Å². The maximum Gasteiger partial charge on any atom is 0.107 e. The fourth-order valence-electron chi connectivity index (χ4n) is 2.47. The van der Waals surface area contributed by atoms with Gasteiger partial charge in [0.15, 0.2) is 0 Å². The van der Waals surface area contributed by atoms with Crippen LogP contribution in [-0.2, 0) is 13.6 Å². The maximum absolute atomic E-state index is 4.66. The van der Waals surface area contributed by atoms with Gasteiger partial charge in [0.1, 0.15) is 5.69 Å². The molecular formula is C17H21N3S. The van der Waals surface area contributed by atoms with Crippen molar-refractivity contribution in [2.75, 3.05) is 6.54 Å². The molecule has 1 N–H and O–H groups in total. The molecule has 4 heteroatoms. The van der Waals surface area contributed by atoms with E-state index in [0.29, 0.717) is 5.92 Å². The van der Waals surface area contributed by atoms with Crippen molar-refractivity contribution in [1.29, 1.82) is 0 Å². The van der Waals surface area contributed by atoms with Crippen LogP contribution < -0.4 is 5.32 Å². The van der Waals surface area contributed by atoms with E-state index in [2.05, 4.69) is 60.8 Å². The molecule has 3 aromatic rings. The number of nitrogens with one attached hydrogen (secondary N) is 1. The molecule has 0 unspecified atom stereocenters. The molecule has 3 nitrogen and oxygen atoms in total. The van der Waals surface area contributed by atoms with Gasteiger partial charge in [-0.15, -0.1) is 11.3 Å². The Morgan fingerprint density at radius 3 is 2.86 bits per heavy atom. The second-order valence-electron chi connectivity index (χ2n) is 5.85. The first-order chi connectivity index (χ1) is 10.1. The summed E-state index contributed by atoms with van der Waals surface area (Å²) in [4.78, 5) is 1.25. The zero-order valence-corrected chi connectivity index (χ0v) is 13.6. The first-order valence-electron chi connectivity index (χ1n) is 7.35. The highest BCUT2D eigenvalue weighted by Crippen LogP contribution is 2.34. The lowest BCUT2D eigenvalue weighted by Gasteiger charge is -2.06. The molecule has 0 fully saturated rings. The summed E-state index contributed by atoms with van der Waals surface area (Å²) < 4.78 is 3.23. The monoisotopic (exact) mass is 299 g/mol. The average molecular weight is 299 g/mol. The van der Waals surface area contributed by atoms with Crippen molar-refractivity contribution in [2.45, 2.75) is 20.4 Å². The molecule has 0 aliphatic carbocycles. The van der Waals surface area contributed by atoms with Crippen molar-refractivity contribution >= 4 is 21.4 Å². The van der Waals surface area contributed by atoms with Gasteiger partial charge in [0.2, 0.25) is 0 Å². The van der Waals surface area contributed by atoms with E-state index in [-0.39, 0.29) is 0 Å². The summed E-state index contributed by atoms with van der Waals surface area (Å²) >= 11 is 1.81. The van der Waals surface area contributed by atoms with E-state index in [1.165, 1.54) is 20.5 Å². The minimum atomic E-state index is 0.662. The number of thiophene rings is 1. The van der Waals surface area contributed by atoms with Crippen LogP contribution in [0.3, 0.4) is 0 Å². The van der Waals surface area contributed by atoms with Crippen molar-refractivity contribution in [1.82, 2.24) is 15.1 Å². The van der Waals surface area contributed by atoms with Crippen LogP contribution in [0.1, 0.15) is 19.4 Å². The normalized spacial score (nSPS) is 11.6. The SMILES string of the molecule is CC(C)CNCc1cn(C)nc1-c1cc2ccccc2s1. The second-order valence-corrected chi connectivity index (χ2v) is 6.93. The Morgan fingerprint density at radius 1 is 1.29 bits per heavy atom. The molecular weight excluding hydrogens is 278 g/mol. The fourth-order valence-corrected chi connectivity index (χ4v) is 3.55. The van der Waals surface area contributed by atoms with Crippen molar-refractivity contribution < 1.29 is 0 Å². The van der Waals surface area contributed by atoms with E-state index in [0.717, 1.165) is 18.8 Å². The van der Waals surface area contributed by atoms with Crippen molar-refractivity contribution in [3.63, 3.8) is 0 Å². The minimum Gasteiger partial charge on any atom is -0.312 e. The molecule has 1 aromatic carbocycles. The van der Waals surface area contributed by atoms with Gasteiger partial charge in [-0.3, -0.25) is 4.68 Å². The van der Waals surface area contributed by atoms with Gasteiger partial charge in [0.25, 0.3) is 0 Å². The lowest BCUT2D eigenvalue weighted by atomic mass is 10.2. The lowest BCUT2D eigenvalue weighted by molar-refractivity contribution is 0.552. The topological polar surface area (TPSA) is 29.9 Å². The highest BCUT2D eigenvalue weighted by atomic mass is 32.1. The fraction of sp³-hybridized carbons (Fsp3) is 0.353. The van der Waals surface area contributed by atoms with Gasteiger partial charge in [-0.05, 0) is 30.0 Å². The molecule has 0 radical (unpaired) electrons. The second kappa shape index (κ2) is 6.00. The van der Waals surface area contributed by atoms with Crippen LogP contribution in [0.15, 0.2) is 36.5 Å². The first-order valence-corrected chi connectivity index (χ1v) is 8.17. The Kier molecular flexibility index (Phi) is 4.08. The smallest absolute Gasteiger partial charge is 0.107 e. The zero-order valence-electron chi connectivity index (χ0n) is 12.8. The largest absolute Gasteiger partial charge is 0.312 e. The third-order valence-electron chi connectivity index (χ3n) is 3.43. The van der Waals surface area contributed by atoms with Gasteiger partial charge in [-0.2, -0.15) is 5.10 Å². The molecule has 110 valence electrons. The summed E-state index contributed by atoms with van der Waals surface area (Å²) in [6.07, 6.45) is 2.12. The maximum atomic E-state index is 4.66. The molecule has 0 amide bonds. The lowest BCUT2D eigenvalue weighted by Crippen LogP contribution is -2.19. The van der Waals surface area contributed by atoms with Gasteiger partial charge in [0.05, 0.1) is 4.88 Å². The van der Waals surface area contributed by atoms with E-state index in [4.69, 9.17) is 0 Å². The number of rotatable bonds is 5. The van der Waals surface area contributed by atoms with Crippen LogP contribution in [0.4, 0.5) is 0 Å². The summed E-state index contributed by atoms with van der Waals surface area (Å²) in [6, 6.07) is 10.8. The minimum absolute atomic E-state index is 0.662. The molecule has 0 saturated heterocycles. The van der Waals surface area contributed by atoms with E-state index in [1.54, 1.807) is 0 Å². The highest BCUT2D eigenvalue weighted by molar-refractivity contribution is 7.22. The number of nitrogens with zero attached hydrogens (tertiary/aromatic N) is 2. The quantitative estimate of drug-likeness (QED) is 0.770. The van der Waals surface area contributed by atoms with Gasteiger partial charge >= 0.3 is 0 Å². The van der Waals surface area contributed by atoms with Crippen LogP contribution in [0, 0.1) is 5.92 Å². The summed E-state index contributed by atoms with van der Waals surface area (Å²) in [5.74, 6) is 0.662. The van der Waals surface area contributed by atoms with Gasteiger partial charge in [-0.25, -0.2) is 0 Å². The van der Waals surface area contributed by atoms with Crippen molar-refractivity contribution in [3.8, 4) is 10.6 Å². The molecule has 0 aliphatic heterocycles. The first kappa shape index (κ1) is 14.3. The Labute approximate surface area is 129 Å². The van der Waals surface area contributed by atoms with Crippen LogP contribution in [-0.4, -0.2) is 16.3 Å². The van der Waals surface area contributed by atoms with E-state index in [9.17, 15) is 0 Å². The van der Waals surface area contributed by atoms with Crippen molar-refractivity contribution in [2.24, 2.45) is 13.0 Å². The van der Waals surface area contributed by atoms with E-state index in [1.807, 2.05) is 23.1 Å². The average Bonchev–Trinajstić information content (AvgIpc) is 3.01. The molecule has 2 aromatic heterocycles. The predicted octanol–water partition coefficient (Wildman–Crippen LogP) is 4.05. The van der Waals surface area contributed by atoms with Gasteiger partial charge in [-0.1, -0.05) is 32.0 Å². The summed E-state index contributed by atoms with van der Waals surface area (Å²) in [5, 5.41) is 9.47. The van der Waals surface area contributed by atoms with Crippen LogP contribution in [0.2, 0.25) is 0 Å². The van der Waals surface area contributed by atoms with E-state index >= 15 is 0 Å². The molecule has 2 heterocycles. The van der Waals surface area contributed by atoms with Crippen LogP contribution in [0.5, 0.6) is 0 Å². The molecule has 21 heavy (non-hydrogen) atoms. The molecule has 0 bridgehead atoms. The Hall–Kier alpha value is -1.65.